The third kappa shape index (κ3) is 2.41. The van der Waals surface area contributed by atoms with Gasteiger partial charge in [-0.25, -0.2) is 9.50 Å². The summed E-state index contributed by atoms with van der Waals surface area (Å²) in [7, 11) is 0. The first kappa shape index (κ1) is 11.7. The van der Waals surface area contributed by atoms with Crippen molar-refractivity contribution >= 4 is 28.8 Å². The van der Waals surface area contributed by atoms with Crippen molar-refractivity contribution in [1.29, 1.82) is 0 Å². The summed E-state index contributed by atoms with van der Waals surface area (Å²) < 4.78 is 1.59. The van der Waals surface area contributed by atoms with E-state index in [1.54, 1.807) is 53.4 Å². The molecule has 94 valence electrons. The fraction of sp³-hybridized carbons (Fsp3) is 0. The number of nitrogens with zero attached hydrogens (tertiary/aromatic N) is 3. The van der Waals surface area contributed by atoms with Gasteiger partial charge in [0.05, 0.1) is 24.3 Å². The third-order valence-corrected chi connectivity index (χ3v) is 2.86. The molecule has 3 rings (SSSR count). The Balaban J connectivity index is 1.83. The lowest BCUT2D eigenvalue weighted by Gasteiger charge is -2.05. The Morgan fingerprint density at radius 1 is 1.21 bits per heavy atom. The molecule has 6 heteroatoms. The van der Waals surface area contributed by atoms with Crippen LogP contribution < -0.4 is 5.32 Å². The van der Waals surface area contributed by atoms with E-state index in [-0.39, 0.29) is 5.91 Å². The molecule has 2 aromatic heterocycles. The molecule has 1 aromatic carbocycles. The number of amides is 1. The molecule has 0 spiro atoms. The lowest BCUT2D eigenvalue weighted by molar-refractivity contribution is 0.102. The Hall–Kier alpha value is -2.40. The fourth-order valence-corrected chi connectivity index (χ4v) is 1.80. The van der Waals surface area contributed by atoms with Gasteiger partial charge in [-0.2, -0.15) is 5.10 Å². The van der Waals surface area contributed by atoms with Crippen LogP contribution in [0.1, 0.15) is 10.4 Å². The van der Waals surface area contributed by atoms with E-state index < -0.39 is 0 Å². The third-order valence-electron chi connectivity index (χ3n) is 2.61. The number of hydrogen-bond acceptors (Lipinski definition) is 3. The molecular formula is C13H9ClN4O. The summed E-state index contributed by atoms with van der Waals surface area (Å²) in [6.07, 6.45) is 4.94. The van der Waals surface area contributed by atoms with Crippen molar-refractivity contribution in [2.75, 3.05) is 5.32 Å². The van der Waals surface area contributed by atoms with Gasteiger partial charge >= 0.3 is 0 Å². The summed E-state index contributed by atoms with van der Waals surface area (Å²) in [6.45, 7) is 0. The zero-order valence-electron chi connectivity index (χ0n) is 9.75. The maximum atomic E-state index is 12.0. The van der Waals surface area contributed by atoms with Crippen molar-refractivity contribution in [2.24, 2.45) is 0 Å². The van der Waals surface area contributed by atoms with Gasteiger partial charge in [0.2, 0.25) is 0 Å². The number of benzene rings is 1. The highest BCUT2D eigenvalue weighted by atomic mass is 35.5. The van der Waals surface area contributed by atoms with E-state index >= 15 is 0 Å². The summed E-state index contributed by atoms with van der Waals surface area (Å²) in [5.41, 5.74) is 1.84. The Labute approximate surface area is 113 Å². The molecule has 2 heterocycles. The average Bonchev–Trinajstić information content (AvgIpc) is 2.87. The Kier molecular flexibility index (Phi) is 2.89. The average molecular weight is 273 g/mol. The van der Waals surface area contributed by atoms with Gasteiger partial charge in [0, 0.05) is 16.7 Å². The Morgan fingerprint density at radius 2 is 2.00 bits per heavy atom. The molecule has 0 bridgehead atoms. The van der Waals surface area contributed by atoms with E-state index in [1.807, 2.05) is 0 Å². The maximum absolute atomic E-state index is 12.0. The standard InChI is InChI=1S/C13H9ClN4O/c14-10-3-1-9(2-4-10)13(19)17-11-7-15-12-5-6-16-18(12)8-11/h1-8H,(H,17,19). The Morgan fingerprint density at radius 3 is 2.79 bits per heavy atom. The number of carbonyl (C=O) groups excluding carboxylic acids is 1. The van der Waals surface area contributed by atoms with Gasteiger partial charge in [0.1, 0.15) is 0 Å². The second-order valence-corrected chi connectivity index (χ2v) is 4.37. The Bertz CT molecular complexity index is 736. The van der Waals surface area contributed by atoms with Crippen LogP contribution in [-0.2, 0) is 0 Å². The SMILES string of the molecule is O=C(Nc1cnc2ccnn2c1)c1ccc(Cl)cc1. The van der Waals surface area contributed by atoms with E-state index in [2.05, 4.69) is 15.4 Å². The molecule has 0 aliphatic rings. The van der Waals surface area contributed by atoms with Crippen LogP contribution in [0, 0.1) is 0 Å². The zero-order valence-corrected chi connectivity index (χ0v) is 10.5. The minimum absolute atomic E-state index is 0.218. The van der Waals surface area contributed by atoms with Gasteiger partial charge in [0.15, 0.2) is 5.65 Å². The number of carbonyl (C=O) groups is 1. The first-order valence-electron chi connectivity index (χ1n) is 5.59. The van der Waals surface area contributed by atoms with Gasteiger partial charge in [-0.1, -0.05) is 11.6 Å². The van der Waals surface area contributed by atoms with Crippen molar-refractivity contribution in [3.8, 4) is 0 Å². The number of anilines is 1. The molecule has 0 aliphatic carbocycles. The van der Waals surface area contributed by atoms with Crippen LogP contribution in [0.5, 0.6) is 0 Å². The number of rotatable bonds is 2. The number of nitrogens with one attached hydrogen (secondary N) is 1. The molecule has 0 saturated carbocycles. The molecule has 5 nitrogen and oxygen atoms in total. The highest BCUT2D eigenvalue weighted by Gasteiger charge is 2.06. The summed E-state index contributed by atoms with van der Waals surface area (Å²) in [5, 5.41) is 7.40. The van der Waals surface area contributed by atoms with Crippen molar-refractivity contribution in [3.05, 3.63) is 59.5 Å². The van der Waals surface area contributed by atoms with E-state index in [9.17, 15) is 4.79 Å². The lowest BCUT2D eigenvalue weighted by atomic mass is 10.2. The van der Waals surface area contributed by atoms with Crippen LogP contribution >= 0.6 is 11.6 Å². The minimum atomic E-state index is -0.218. The van der Waals surface area contributed by atoms with Gasteiger partial charge < -0.3 is 5.32 Å². The maximum Gasteiger partial charge on any atom is 0.255 e. The minimum Gasteiger partial charge on any atom is -0.319 e. The first-order valence-corrected chi connectivity index (χ1v) is 5.96. The van der Waals surface area contributed by atoms with E-state index in [0.717, 1.165) is 5.65 Å². The lowest BCUT2D eigenvalue weighted by Crippen LogP contribution is -2.12. The molecule has 19 heavy (non-hydrogen) atoms. The summed E-state index contributed by atoms with van der Waals surface area (Å²) in [6, 6.07) is 8.46. The van der Waals surface area contributed by atoms with Crippen LogP contribution in [0.3, 0.4) is 0 Å². The predicted molar refractivity (Wildman–Crippen MR) is 72.4 cm³/mol. The molecular weight excluding hydrogens is 264 g/mol. The van der Waals surface area contributed by atoms with Gasteiger partial charge in [-0.15, -0.1) is 0 Å². The van der Waals surface area contributed by atoms with Crippen LogP contribution in [-0.4, -0.2) is 20.5 Å². The predicted octanol–water partition coefficient (Wildman–Crippen LogP) is 2.64. The van der Waals surface area contributed by atoms with Crippen molar-refractivity contribution < 1.29 is 4.79 Å². The topological polar surface area (TPSA) is 59.3 Å². The molecule has 0 fully saturated rings. The zero-order chi connectivity index (χ0) is 13.2. The smallest absolute Gasteiger partial charge is 0.255 e. The van der Waals surface area contributed by atoms with Gasteiger partial charge in [-0.3, -0.25) is 4.79 Å². The monoisotopic (exact) mass is 272 g/mol. The number of fused-ring (bicyclic) bond motifs is 1. The largest absolute Gasteiger partial charge is 0.319 e. The van der Waals surface area contributed by atoms with Gasteiger partial charge in [0.25, 0.3) is 5.91 Å². The van der Waals surface area contributed by atoms with Crippen molar-refractivity contribution in [2.45, 2.75) is 0 Å². The van der Waals surface area contributed by atoms with Gasteiger partial charge in [-0.05, 0) is 24.3 Å². The summed E-state index contributed by atoms with van der Waals surface area (Å²) in [5.74, 6) is -0.218. The van der Waals surface area contributed by atoms with Crippen molar-refractivity contribution in [3.63, 3.8) is 0 Å². The normalized spacial score (nSPS) is 10.6. The number of hydrogen-bond donors (Lipinski definition) is 1. The van der Waals surface area contributed by atoms with Crippen LogP contribution in [0.2, 0.25) is 5.02 Å². The van der Waals surface area contributed by atoms with Crippen LogP contribution in [0.25, 0.3) is 5.65 Å². The van der Waals surface area contributed by atoms with E-state index in [1.165, 1.54) is 0 Å². The molecule has 0 saturated heterocycles. The van der Waals surface area contributed by atoms with E-state index in [0.29, 0.717) is 16.3 Å². The highest BCUT2D eigenvalue weighted by molar-refractivity contribution is 6.30. The second-order valence-electron chi connectivity index (χ2n) is 3.94. The quantitative estimate of drug-likeness (QED) is 0.780. The van der Waals surface area contributed by atoms with E-state index in [4.69, 9.17) is 11.6 Å². The molecule has 3 aromatic rings. The van der Waals surface area contributed by atoms with Crippen LogP contribution in [0.15, 0.2) is 48.9 Å². The summed E-state index contributed by atoms with van der Waals surface area (Å²) >= 11 is 5.78. The summed E-state index contributed by atoms with van der Waals surface area (Å²) in [4.78, 5) is 16.2. The second kappa shape index (κ2) is 4.70. The first-order chi connectivity index (χ1) is 9.22. The molecule has 0 atom stereocenters. The van der Waals surface area contributed by atoms with Crippen molar-refractivity contribution in [1.82, 2.24) is 14.6 Å². The fourth-order valence-electron chi connectivity index (χ4n) is 1.68. The molecule has 0 aliphatic heterocycles. The van der Waals surface area contributed by atoms with Crippen LogP contribution in [0.4, 0.5) is 5.69 Å². The molecule has 0 radical (unpaired) electrons. The molecule has 0 unspecified atom stereocenters. The number of aromatic nitrogens is 3. The highest BCUT2D eigenvalue weighted by Crippen LogP contribution is 2.12. The molecule has 1 amide bonds. The molecule has 1 N–H and O–H groups in total. The number of halogens is 1.